The van der Waals surface area contributed by atoms with Crippen LogP contribution < -0.4 is 5.32 Å². The van der Waals surface area contributed by atoms with Gasteiger partial charge in [-0.3, -0.25) is 9.89 Å². The van der Waals surface area contributed by atoms with Gasteiger partial charge in [0.15, 0.2) is 5.69 Å². The number of rotatable bonds is 4. The molecule has 0 radical (unpaired) electrons. The zero-order valence-corrected chi connectivity index (χ0v) is 16.9. The normalized spacial score (nSPS) is 20.6. The van der Waals surface area contributed by atoms with Crippen molar-refractivity contribution in [3.63, 3.8) is 0 Å². The Kier molecular flexibility index (Phi) is 5.12. The van der Waals surface area contributed by atoms with Crippen LogP contribution in [-0.2, 0) is 14.8 Å². The number of hydrogen-bond acceptors (Lipinski definition) is 5. The fourth-order valence-electron chi connectivity index (χ4n) is 3.51. The van der Waals surface area contributed by atoms with Crippen LogP contribution in [-0.4, -0.2) is 54.1 Å². The number of sulfonamides is 1. The van der Waals surface area contributed by atoms with Crippen molar-refractivity contribution < 1.29 is 17.9 Å². The molecule has 152 valence electrons. The third-order valence-electron chi connectivity index (χ3n) is 4.82. The topological polar surface area (TPSA) is 104 Å². The number of carbonyl (C=O) groups excluding carboxylic acids is 1. The Morgan fingerprint density at radius 2 is 1.76 bits per heavy atom. The molecule has 2 atom stereocenters. The second-order valence-corrected chi connectivity index (χ2v) is 9.11. The molecule has 8 nitrogen and oxygen atoms in total. The molecule has 0 spiro atoms. The van der Waals surface area contributed by atoms with Crippen LogP contribution in [0.4, 0.5) is 5.69 Å². The van der Waals surface area contributed by atoms with Crippen molar-refractivity contribution in [3.8, 4) is 0 Å². The number of H-pyrrole nitrogens is 1. The first-order valence-corrected chi connectivity index (χ1v) is 10.8. The van der Waals surface area contributed by atoms with Gasteiger partial charge in [-0.1, -0.05) is 18.2 Å². The predicted octanol–water partition coefficient (Wildman–Crippen LogP) is 2.61. The van der Waals surface area contributed by atoms with Crippen LogP contribution in [0.1, 0.15) is 24.3 Å². The summed E-state index contributed by atoms with van der Waals surface area (Å²) in [7, 11) is -3.62. The van der Waals surface area contributed by atoms with Crippen LogP contribution in [0.3, 0.4) is 0 Å². The van der Waals surface area contributed by atoms with Gasteiger partial charge < -0.3 is 10.1 Å². The molecular formula is C20H22N4O4S. The molecule has 1 aliphatic rings. The molecule has 1 amide bonds. The minimum atomic E-state index is -3.62. The molecule has 29 heavy (non-hydrogen) atoms. The van der Waals surface area contributed by atoms with Gasteiger partial charge >= 0.3 is 0 Å². The largest absolute Gasteiger partial charge is 0.373 e. The number of benzene rings is 2. The summed E-state index contributed by atoms with van der Waals surface area (Å²) in [6, 6.07) is 13.5. The Morgan fingerprint density at radius 3 is 2.45 bits per heavy atom. The zero-order chi connectivity index (χ0) is 20.6. The molecule has 4 rings (SSSR count). The summed E-state index contributed by atoms with van der Waals surface area (Å²) < 4.78 is 32.9. The Hall–Kier alpha value is -2.75. The van der Waals surface area contributed by atoms with E-state index < -0.39 is 10.0 Å². The van der Waals surface area contributed by atoms with E-state index in [-0.39, 0.29) is 28.7 Å². The van der Waals surface area contributed by atoms with Crippen LogP contribution in [0.5, 0.6) is 0 Å². The van der Waals surface area contributed by atoms with Crippen LogP contribution in [0.2, 0.25) is 0 Å². The van der Waals surface area contributed by atoms with Gasteiger partial charge in [-0.15, -0.1) is 0 Å². The number of para-hydroxylation sites is 1. The zero-order valence-electron chi connectivity index (χ0n) is 16.1. The number of amides is 1. The van der Waals surface area contributed by atoms with Gasteiger partial charge in [0, 0.05) is 24.2 Å². The van der Waals surface area contributed by atoms with Crippen LogP contribution >= 0.6 is 0 Å². The summed E-state index contributed by atoms with van der Waals surface area (Å²) in [5.41, 5.74) is 1.55. The number of morpholine rings is 1. The van der Waals surface area contributed by atoms with Gasteiger partial charge in [-0.25, -0.2) is 8.42 Å². The highest BCUT2D eigenvalue weighted by atomic mass is 32.2. The van der Waals surface area contributed by atoms with E-state index >= 15 is 0 Å². The molecule has 1 aromatic heterocycles. The van der Waals surface area contributed by atoms with Crippen molar-refractivity contribution in [2.45, 2.75) is 31.0 Å². The molecule has 0 saturated carbocycles. The summed E-state index contributed by atoms with van der Waals surface area (Å²) in [6.07, 6.45) is -0.313. The van der Waals surface area contributed by atoms with E-state index in [1.165, 1.54) is 16.4 Å². The SMILES string of the molecule is CC1CN(S(=O)(=O)c2ccc(NC(=O)c3n[nH]c4ccccc34)cc2)CC(C)O1. The monoisotopic (exact) mass is 414 g/mol. The van der Waals surface area contributed by atoms with Crippen molar-refractivity contribution in [1.29, 1.82) is 0 Å². The predicted molar refractivity (Wildman–Crippen MR) is 109 cm³/mol. The fraction of sp³-hybridized carbons (Fsp3) is 0.300. The Morgan fingerprint density at radius 1 is 1.10 bits per heavy atom. The maximum absolute atomic E-state index is 12.9. The Bertz CT molecular complexity index is 1130. The van der Waals surface area contributed by atoms with Crippen molar-refractivity contribution in [2.24, 2.45) is 0 Å². The lowest BCUT2D eigenvalue weighted by molar-refractivity contribution is -0.0440. The van der Waals surface area contributed by atoms with E-state index in [2.05, 4.69) is 15.5 Å². The molecule has 1 fully saturated rings. The lowest BCUT2D eigenvalue weighted by Crippen LogP contribution is -2.48. The number of carbonyl (C=O) groups is 1. The van der Waals surface area contributed by atoms with E-state index in [4.69, 9.17) is 4.74 Å². The lowest BCUT2D eigenvalue weighted by Gasteiger charge is -2.34. The third kappa shape index (κ3) is 3.89. The molecule has 9 heteroatoms. The van der Waals surface area contributed by atoms with Gasteiger partial charge in [0.05, 0.1) is 22.6 Å². The molecule has 1 aliphatic heterocycles. The first-order chi connectivity index (χ1) is 13.8. The number of hydrogen-bond donors (Lipinski definition) is 2. The maximum atomic E-state index is 12.9. The Balaban J connectivity index is 1.51. The number of ether oxygens (including phenoxy) is 1. The molecule has 0 aliphatic carbocycles. The second kappa shape index (κ2) is 7.58. The molecule has 2 unspecified atom stereocenters. The highest BCUT2D eigenvalue weighted by molar-refractivity contribution is 7.89. The van der Waals surface area contributed by atoms with Crippen LogP contribution in [0, 0.1) is 0 Å². The number of aromatic nitrogens is 2. The van der Waals surface area contributed by atoms with Crippen LogP contribution in [0.15, 0.2) is 53.4 Å². The summed E-state index contributed by atoms with van der Waals surface area (Å²) >= 11 is 0. The second-order valence-electron chi connectivity index (χ2n) is 7.18. The summed E-state index contributed by atoms with van der Waals surface area (Å²) in [4.78, 5) is 12.7. The van der Waals surface area contributed by atoms with E-state index in [1.54, 1.807) is 12.1 Å². The van der Waals surface area contributed by atoms with Crippen molar-refractivity contribution >= 4 is 32.5 Å². The quantitative estimate of drug-likeness (QED) is 0.683. The lowest BCUT2D eigenvalue weighted by atomic mass is 10.2. The summed E-state index contributed by atoms with van der Waals surface area (Å²) in [5.74, 6) is -0.367. The van der Waals surface area contributed by atoms with Gasteiger partial charge in [0.2, 0.25) is 10.0 Å². The average Bonchev–Trinajstić information content (AvgIpc) is 3.12. The van der Waals surface area contributed by atoms with Gasteiger partial charge in [0.1, 0.15) is 0 Å². The van der Waals surface area contributed by atoms with Gasteiger partial charge in [-0.2, -0.15) is 9.40 Å². The van der Waals surface area contributed by atoms with E-state index in [0.29, 0.717) is 18.8 Å². The van der Waals surface area contributed by atoms with E-state index in [0.717, 1.165) is 10.9 Å². The highest BCUT2D eigenvalue weighted by Crippen LogP contribution is 2.23. The summed E-state index contributed by atoms with van der Waals surface area (Å²) in [5, 5.41) is 10.4. The van der Waals surface area contributed by atoms with E-state index in [9.17, 15) is 13.2 Å². The minimum absolute atomic E-state index is 0.157. The number of aromatic amines is 1. The van der Waals surface area contributed by atoms with Gasteiger partial charge in [-0.05, 0) is 44.2 Å². The highest BCUT2D eigenvalue weighted by Gasteiger charge is 2.32. The number of fused-ring (bicyclic) bond motifs is 1. The maximum Gasteiger partial charge on any atom is 0.276 e. The van der Waals surface area contributed by atoms with Crippen molar-refractivity contribution in [2.75, 3.05) is 18.4 Å². The molecule has 2 N–H and O–H groups in total. The minimum Gasteiger partial charge on any atom is -0.373 e. The first kappa shape index (κ1) is 19.6. The number of anilines is 1. The van der Waals surface area contributed by atoms with Crippen molar-refractivity contribution in [1.82, 2.24) is 14.5 Å². The molecule has 2 heterocycles. The fourth-order valence-corrected chi connectivity index (χ4v) is 5.10. The first-order valence-electron chi connectivity index (χ1n) is 9.35. The molecule has 1 saturated heterocycles. The summed E-state index contributed by atoms with van der Waals surface area (Å²) in [6.45, 7) is 4.35. The standard InChI is InChI=1S/C20H22N4O4S/c1-13-11-24(12-14(2)28-13)29(26,27)16-9-7-15(8-10-16)21-20(25)19-17-5-3-4-6-18(17)22-23-19/h3-10,13-14H,11-12H2,1-2H3,(H,21,25)(H,22,23). The number of nitrogens with one attached hydrogen (secondary N) is 2. The third-order valence-corrected chi connectivity index (χ3v) is 6.67. The Labute approximate surface area is 168 Å². The van der Waals surface area contributed by atoms with E-state index in [1.807, 2.05) is 38.1 Å². The molecule has 0 bridgehead atoms. The smallest absolute Gasteiger partial charge is 0.276 e. The van der Waals surface area contributed by atoms with Crippen LogP contribution in [0.25, 0.3) is 10.9 Å². The number of nitrogens with zero attached hydrogens (tertiary/aromatic N) is 2. The molecule has 3 aromatic rings. The van der Waals surface area contributed by atoms with Gasteiger partial charge in [0.25, 0.3) is 5.91 Å². The molecular weight excluding hydrogens is 392 g/mol. The average molecular weight is 414 g/mol. The molecule has 2 aromatic carbocycles. The van der Waals surface area contributed by atoms with Crippen molar-refractivity contribution in [3.05, 3.63) is 54.2 Å².